The van der Waals surface area contributed by atoms with E-state index in [4.69, 9.17) is 10.00 Å². The van der Waals surface area contributed by atoms with Gasteiger partial charge in [0.05, 0.1) is 18.7 Å². The van der Waals surface area contributed by atoms with Crippen molar-refractivity contribution >= 4 is 11.7 Å². The molecule has 0 aliphatic carbocycles. The maximum absolute atomic E-state index is 11.3. The Hall–Kier alpha value is -2.02. The fraction of sp³-hybridized carbons (Fsp3) is 0.385. The first kappa shape index (κ1) is 13.0. The summed E-state index contributed by atoms with van der Waals surface area (Å²) in [5, 5.41) is 8.87. The first-order chi connectivity index (χ1) is 8.21. The van der Waals surface area contributed by atoms with Crippen molar-refractivity contribution in [2.24, 2.45) is 0 Å². The normalized spacial score (nSPS) is 9.47. The number of rotatable bonds is 5. The second-order valence-electron chi connectivity index (χ2n) is 3.49. The summed E-state index contributed by atoms with van der Waals surface area (Å²) in [5.74, 6) is -0.229. The lowest BCUT2D eigenvalue weighted by Crippen LogP contribution is -2.15. The number of hydrogen-bond donors (Lipinski definition) is 0. The Labute approximate surface area is 101 Å². The van der Waals surface area contributed by atoms with Crippen molar-refractivity contribution in [2.75, 3.05) is 18.1 Å². The number of benzene rings is 1. The monoisotopic (exact) mass is 232 g/mol. The molecule has 0 fully saturated rings. The summed E-state index contributed by atoms with van der Waals surface area (Å²) in [6.07, 6.45) is 2.36. The first-order valence-electron chi connectivity index (χ1n) is 5.63. The molecule has 4 nitrogen and oxygen atoms in total. The molecule has 0 heterocycles. The van der Waals surface area contributed by atoms with Crippen molar-refractivity contribution in [3.63, 3.8) is 0 Å². The highest BCUT2D eigenvalue weighted by molar-refractivity contribution is 5.72. The molecule has 90 valence electrons. The third-order valence-electron chi connectivity index (χ3n) is 2.34. The number of carbonyl (C=O) groups excluding carboxylic acids is 1. The lowest BCUT2D eigenvalue weighted by Gasteiger charge is -2.13. The molecule has 0 N–H and O–H groups in total. The van der Waals surface area contributed by atoms with Gasteiger partial charge in [0, 0.05) is 6.54 Å². The van der Waals surface area contributed by atoms with Gasteiger partial charge in [-0.3, -0.25) is 9.69 Å². The summed E-state index contributed by atoms with van der Waals surface area (Å²) in [6.45, 7) is 4.73. The number of nitriles is 1. The van der Waals surface area contributed by atoms with Crippen LogP contribution in [0.15, 0.2) is 24.3 Å². The van der Waals surface area contributed by atoms with E-state index in [9.17, 15) is 4.79 Å². The zero-order valence-electron chi connectivity index (χ0n) is 10.1. The summed E-state index contributed by atoms with van der Waals surface area (Å²) in [6, 6.07) is 7.35. The van der Waals surface area contributed by atoms with Gasteiger partial charge in [0.25, 0.3) is 0 Å². The number of nitrogens with zero attached hydrogens (tertiary/aromatic N) is 2. The zero-order chi connectivity index (χ0) is 12.7. The fourth-order valence-electron chi connectivity index (χ4n) is 1.48. The van der Waals surface area contributed by atoms with Gasteiger partial charge in [0.1, 0.15) is 0 Å². The molecule has 0 radical (unpaired) electrons. The molecule has 0 aliphatic rings. The number of ether oxygens (including phenoxy) is 1. The zero-order valence-corrected chi connectivity index (χ0v) is 10.1. The van der Waals surface area contributed by atoms with E-state index in [0.717, 1.165) is 11.3 Å². The summed E-state index contributed by atoms with van der Waals surface area (Å²) >= 11 is 0. The Morgan fingerprint density at radius 3 is 2.47 bits per heavy atom. The number of esters is 1. The van der Waals surface area contributed by atoms with Gasteiger partial charge in [0.2, 0.25) is 0 Å². The van der Waals surface area contributed by atoms with Crippen LogP contribution in [-0.4, -0.2) is 19.1 Å². The third kappa shape index (κ3) is 3.80. The van der Waals surface area contributed by atoms with Crippen LogP contribution in [0.5, 0.6) is 0 Å². The lowest BCUT2D eigenvalue weighted by atomic mass is 10.1. The van der Waals surface area contributed by atoms with E-state index in [1.54, 1.807) is 11.8 Å². The molecular formula is C13H16N2O2. The van der Waals surface area contributed by atoms with Gasteiger partial charge in [-0.1, -0.05) is 12.1 Å². The van der Waals surface area contributed by atoms with Gasteiger partial charge in [-0.2, -0.15) is 5.26 Å². The Bertz CT molecular complexity index is 406. The summed E-state index contributed by atoms with van der Waals surface area (Å²) in [5.41, 5.74) is 1.73. The van der Waals surface area contributed by atoms with Crippen molar-refractivity contribution in [3.05, 3.63) is 29.8 Å². The Morgan fingerprint density at radius 1 is 1.35 bits per heavy atom. The molecule has 0 saturated carbocycles. The molecule has 4 heteroatoms. The molecule has 1 aromatic rings. The minimum absolute atomic E-state index is 0.229. The lowest BCUT2D eigenvalue weighted by molar-refractivity contribution is -0.142. The molecule has 0 bridgehead atoms. The van der Waals surface area contributed by atoms with E-state index < -0.39 is 0 Å². The molecule has 0 aliphatic heterocycles. The predicted molar refractivity (Wildman–Crippen MR) is 65.4 cm³/mol. The Kier molecular flexibility index (Phi) is 5.02. The van der Waals surface area contributed by atoms with Crippen LogP contribution in [0.25, 0.3) is 0 Å². The van der Waals surface area contributed by atoms with E-state index in [1.807, 2.05) is 31.2 Å². The standard InChI is InChI=1S/C13H16N2O2/c1-3-15(10-14)12-7-5-11(6-8-12)9-13(16)17-4-2/h5-8H,3-4,9H2,1-2H3. The van der Waals surface area contributed by atoms with Crippen LogP contribution in [0.1, 0.15) is 19.4 Å². The Balaban J connectivity index is 2.68. The van der Waals surface area contributed by atoms with Crippen LogP contribution in [0.4, 0.5) is 5.69 Å². The van der Waals surface area contributed by atoms with Gasteiger partial charge in [0.15, 0.2) is 6.19 Å². The van der Waals surface area contributed by atoms with Gasteiger partial charge in [-0.15, -0.1) is 0 Å². The Morgan fingerprint density at radius 2 is 2.00 bits per heavy atom. The van der Waals surface area contributed by atoms with Gasteiger partial charge < -0.3 is 4.74 Å². The van der Waals surface area contributed by atoms with E-state index in [0.29, 0.717) is 13.2 Å². The third-order valence-corrected chi connectivity index (χ3v) is 2.34. The van der Waals surface area contributed by atoms with E-state index in [-0.39, 0.29) is 12.4 Å². The van der Waals surface area contributed by atoms with Crippen molar-refractivity contribution in [1.82, 2.24) is 0 Å². The highest BCUT2D eigenvalue weighted by Gasteiger charge is 2.05. The summed E-state index contributed by atoms with van der Waals surface area (Å²) < 4.78 is 4.86. The summed E-state index contributed by atoms with van der Waals surface area (Å²) in [4.78, 5) is 12.8. The molecule has 0 saturated heterocycles. The molecule has 0 atom stereocenters. The topological polar surface area (TPSA) is 53.3 Å². The van der Waals surface area contributed by atoms with Crippen LogP contribution in [0.3, 0.4) is 0 Å². The maximum Gasteiger partial charge on any atom is 0.310 e. The molecule has 1 rings (SSSR count). The number of anilines is 1. The molecule has 1 aromatic carbocycles. The molecular weight excluding hydrogens is 216 g/mol. The van der Waals surface area contributed by atoms with Crippen LogP contribution >= 0.6 is 0 Å². The fourth-order valence-corrected chi connectivity index (χ4v) is 1.48. The van der Waals surface area contributed by atoms with Crippen molar-refractivity contribution in [1.29, 1.82) is 5.26 Å². The average Bonchev–Trinajstić information content (AvgIpc) is 2.33. The predicted octanol–water partition coefficient (Wildman–Crippen LogP) is 2.10. The highest BCUT2D eigenvalue weighted by atomic mass is 16.5. The molecule has 0 amide bonds. The van der Waals surface area contributed by atoms with Crippen LogP contribution in [0, 0.1) is 11.5 Å². The van der Waals surface area contributed by atoms with Crippen LogP contribution < -0.4 is 4.90 Å². The smallest absolute Gasteiger partial charge is 0.310 e. The minimum Gasteiger partial charge on any atom is -0.466 e. The van der Waals surface area contributed by atoms with Crippen LogP contribution in [-0.2, 0) is 16.0 Å². The van der Waals surface area contributed by atoms with E-state index >= 15 is 0 Å². The largest absolute Gasteiger partial charge is 0.466 e. The number of carbonyl (C=O) groups is 1. The van der Waals surface area contributed by atoms with E-state index in [1.165, 1.54) is 0 Å². The van der Waals surface area contributed by atoms with Gasteiger partial charge in [-0.05, 0) is 31.5 Å². The van der Waals surface area contributed by atoms with Gasteiger partial charge in [-0.25, -0.2) is 0 Å². The van der Waals surface area contributed by atoms with Crippen LogP contribution in [0.2, 0.25) is 0 Å². The first-order valence-corrected chi connectivity index (χ1v) is 5.63. The molecule has 0 unspecified atom stereocenters. The van der Waals surface area contributed by atoms with Crippen molar-refractivity contribution in [2.45, 2.75) is 20.3 Å². The SMILES string of the molecule is CCOC(=O)Cc1ccc(N(C#N)CC)cc1. The average molecular weight is 232 g/mol. The van der Waals surface area contributed by atoms with Gasteiger partial charge >= 0.3 is 5.97 Å². The maximum atomic E-state index is 11.3. The number of hydrogen-bond acceptors (Lipinski definition) is 4. The second-order valence-corrected chi connectivity index (χ2v) is 3.49. The van der Waals surface area contributed by atoms with Crippen molar-refractivity contribution in [3.8, 4) is 6.19 Å². The second kappa shape index (κ2) is 6.54. The highest BCUT2D eigenvalue weighted by Crippen LogP contribution is 2.14. The molecule has 17 heavy (non-hydrogen) atoms. The van der Waals surface area contributed by atoms with E-state index in [2.05, 4.69) is 6.19 Å². The molecule has 0 aromatic heterocycles. The molecule has 0 spiro atoms. The quantitative estimate of drug-likeness (QED) is 0.443. The summed E-state index contributed by atoms with van der Waals surface area (Å²) in [7, 11) is 0. The van der Waals surface area contributed by atoms with Crippen molar-refractivity contribution < 1.29 is 9.53 Å². The minimum atomic E-state index is -0.229.